The number of ether oxygens (including phenoxy) is 2. The fourth-order valence-electron chi connectivity index (χ4n) is 3.93. The zero-order valence-electron chi connectivity index (χ0n) is 20.2. The van der Waals surface area contributed by atoms with E-state index >= 15 is 0 Å². The second-order valence-electron chi connectivity index (χ2n) is 8.63. The molecule has 1 aliphatic rings. The van der Waals surface area contributed by atoms with Crippen molar-refractivity contribution in [2.45, 2.75) is 38.2 Å². The first-order valence-electron chi connectivity index (χ1n) is 11.5. The van der Waals surface area contributed by atoms with E-state index in [2.05, 4.69) is 30.1 Å². The Balaban J connectivity index is 1.39. The number of halogens is 5. The quantitative estimate of drug-likeness (QED) is 0.290. The van der Waals surface area contributed by atoms with Crippen molar-refractivity contribution >= 4 is 5.82 Å². The van der Waals surface area contributed by atoms with Crippen LogP contribution in [0.2, 0.25) is 0 Å². The molecule has 0 aliphatic heterocycles. The maximum atomic E-state index is 13.0. The van der Waals surface area contributed by atoms with Crippen LogP contribution in [0.1, 0.15) is 30.1 Å². The fourth-order valence-corrected chi connectivity index (χ4v) is 3.93. The van der Waals surface area contributed by atoms with Crippen molar-refractivity contribution in [3.05, 3.63) is 54.1 Å². The summed E-state index contributed by atoms with van der Waals surface area (Å²) in [6, 6.07) is 6.81. The van der Waals surface area contributed by atoms with Gasteiger partial charge in [-0.25, -0.2) is 15.0 Å². The van der Waals surface area contributed by atoms with Gasteiger partial charge in [-0.3, -0.25) is 4.68 Å². The van der Waals surface area contributed by atoms with Crippen LogP contribution in [0.5, 0.6) is 11.5 Å². The van der Waals surface area contributed by atoms with Crippen molar-refractivity contribution < 1.29 is 31.4 Å². The minimum absolute atomic E-state index is 0.0314. The molecule has 38 heavy (non-hydrogen) atoms. The molecule has 0 saturated heterocycles. The lowest BCUT2D eigenvalue weighted by molar-refractivity contribution is -0.140. The minimum atomic E-state index is -4.55. The standard InChI is InChI=1S/C24H22F5N7O2/c1-35-12-18(24(27,28)29)33-22(35)14-5-3-13(4-6-14)9-30-20-17(38-23(25)26)10-31-21(34-20)19-16(37-2)11-32-36(19)15-7-8-15/h3-6,10-12,15,23H,7-9H2,1-2H3,(H,30,31,34). The summed E-state index contributed by atoms with van der Waals surface area (Å²) in [5.41, 5.74) is 0.742. The van der Waals surface area contributed by atoms with Gasteiger partial charge in [0, 0.05) is 25.4 Å². The van der Waals surface area contributed by atoms with Gasteiger partial charge in [-0.05, 0) is 18.4 Å². The molecule has 14 heteroatoms. The van der Waals surface area contributed by atoms with Crippen LogP contribution in [0, 0.1) is 0 Å². The van der Waals surface area contributed by atoms with Crippen LogP contribution < -0.4 is 14.8 Å². The highest BCUT2D eigenvalue weighted by atomic mass is 19.4. The number of nitrogens with zero attached hydrogens (tertiary/aromatic N) is 6. The highest BCUT2D eigenvalue weighted by Crippen LogP contribution is 2.41. The van der Waals surface area contributed by atoms with E-state index in [1.165, 1.54) is 18.7 Å². The van der Waals surface area contributed by atoms with Crippen LogP contribution in [0.3, 0.4) is 0 Å². The Morgan fingerprint density at radius 3 is 2.42 bits per heavy atom. The summed E-state index contributed by atoms with van der Waals surface area (Å²) in [4.78, 5) is 12.3. The van der Waals surface area contributed by atoms with Gasteiger partial charge in [0.05, 0.1) is 25.5 Å². The third-order valence-electron chi connectivity index (χ3n) is 5.90. The SMILES string of the molecule is COc1cnn(C2CC2)c1-c1ncc(OC(F)F)c(NCc2ccc(-c3nc(C(F)(F)F)cn3C)cc2)n1. The predicted molar refractivity (Wildman–Crippen MR) is 126 cm³/mol. The van der Waals surface area contributed by atoms with Gasteiger partial charge in [-0.1, -0.05) is 24.3 Å². The van der Waals surface area contributed by atoms with Crippen molar-refractivity contribution in [2.75, 3.05) is 12.4 Å². The number of imidazole rings is 1. The number of hydrogen-bond donors (Lipinski definition) is 1. The van der Waals surface area contributed by atoms with E-state index in [1.54, 1.807) is 35.1 Å². The van der Waals surface area contributed by atoms with E-state index in [-0.39, 0.29) is 35.8 Å². The van der Waals surface area contributed by atoms with Crippen LogP contribution in [0.4, 0.5) is 27.8 Å². The molecule has 1 N–H and O–H groups in total. The van der Waals surface area contributed by atoms with Gasteiger partial charge in [-0.2, -0.15) is 27.1 Å². The lowest BCUT2D eigenvalue weighted by atomic mass is 10.1. The molecule has 1 saturated carbocycles. The van der Waals surface area contributed by atoms with Crippen LogP contribution >= 0.6 is 0 Å². The number of rotatable bonds is 9. The van der Waals surface area contributed by atoms with Crippen molar-refractivity contribution in [1.82, 2.24) is 29.3 Å². The normalized spacial score (nSPS) is 13.7. The number of hydrogen-bond acceptors (Lipinski definition) is 7. The maximum absolute atomic E-state index is 13.0. The molecule has 200 valence electrons. The molecule has 4 aromatic rings. The molecule has 9 nitrogen and oxygen atoms in total. The molecule has 1 fully saturated rings. The van der Waals surface area contributed by atoms with Crippen LogP contribution in [-0.4, -0.2) is 43.0 Å². The van der Waals surface area contributed by atoms with Crippen molar-refractivity contribution in [3.63, 3.8) is 0 Å². The van der Waals surface area contributed by atoms with Crippen molar-refractivity contribution in [1.29, 1.82) is 0 Å². The smallest absolute Gasteiger partial charge is 0.434 e. The summed E-state index contributed by atoms with van der Waals surface area (Å²) < 4.78 is 78.1. The predicted octanol–water partition coefficient (Wildman–Crippen LogP) is 5.32. The number of benzene rings is 1. The molecule has 0 bridgehead atoms. The lowest BCUT2D eigenvalue weighted by Crippen LogP contribution is -2.10. The van der Waals surface area contributed by atoms with E-state index in [0.29, 0.717) is 22.6 Å². The molecule has 3 aromatic heterocycles. The number of nitrogens with one attached hydrogen (secondary N) is 1. The molecule has 0 atom stereocenters. The molecule has 0 amide bonds. The monoisotopic (exact) mass is 535 g/mol. The van der Waals surface area contributed by atoms with E-state index in [4.69, 9.17) is 4.74 Å². The third-order valence-corrected chi connectivity index (χ3v) is 5.90. The number of methoxy groups -OCH3 is 1. The Hall–Kier alpha value is -4.23. The average molecular weight is 535 g/mol. The fraction of sp³-hybridized carbons (Fsp3) is 0.333. The molecule has 1 aliphatic carbocycles. The van der Waals surface area contributed by atoms with Gasteiger partial charge in [-0.15, -0.1) is 0 Å². The first kappa shape index (κ1) is 25.4. The summed E-state index contributed by atoms with van der Waals surface area (Å²) in [5, 5.41) is 7.33. The Kier molecular flexibility index (Phi) is 6.63. The molecule has 5 rings (SSSR count). The average Bonchev–Trinajstić information content (AvgIpc) is 3.50. The van der Waals surface area contributed by atoms with Crippen LogP contribution in [-0.2, 0) is 19.8 Å². The second-order valence-corrected chi connectivity index (χ2v) is 8.63. The van der Waals surface area contributed by atoms with Gasteiger partial charge in [0.15, 0.2) is 28.8 Å². The minimum Gasteiger partial charge on any atom is -0.493 e. The molecule has 0 unspecified atom stereocenters. The Morgan fingerprint density at radius 1 is 1.08 bits per heavy atom. The van der Waals surface area contributed by atoms with E-state index in [9.17, 15) is 22.0 Å². The van der Waals surface area contributed by atoms with Crippen LogP contribution in [0.15, 0.2) is 42.9 Å². The maximum Gasteiger partial charge on any atom is 0.434 e. The van der Waals surface area contributed by atoms with Gasteiger partial charge in [0.2, 0.25) is 0 Å². The zero-order chi connectivity index (χ0) is 27.0. The number of alkyl halides is 5. The summed E-state index contributed by atoms with van der Waals surface area (Å²) >= 11 is 0. The topological polar surface area (TPSA) is 91.9 Å². The Bertz CT molecular complexity index is 1430. The van der Waals surface area contributed by atoms with E-state index in [1.807, 2.05) is 0 Å². The largest absolute Gasteiger partial charge is 0.493 e. The highest BCUT2D eigenvalue weighted by molar-refractivity contribution is 5.63. The highest BCUT2D eigenvalue weighted by Gasteiger charge is 2.34. The summed E-state index contributed by atoms with van der Waals surface area (Å²) in [6.45, 7) is -2.93. The Labute approximate surface area is 213 Å². The molecule has 0 spiro atoms. The first-order valence-corrected chi connectivity index (χ1v) is 11.5. The zero-order valence-corrected chi connectivity index (χ0v) is 20.2. The number of anilines is 1. The van der Waals surface area contributed by atoms with Gasteiger partial charge < -0.3 is 19.4 Å². The van der Waals surface area contributed by atoms with Crippen LogP contribution in [0.25, 0.3) is 22.9 Å². The number of aryl methyl sites for hydroxylation is 1. The van der Waals surface area contributed by atoms with Gasteiger partial charge in [0.1, 0.15) is 11.5 Å². The molecule has 3 heterocycles. The third kappa shape index (κ3) is 5.24. The lowest BCUT2D eigenvalue weighted by Gasteiger charge is -2.14. The van der Waals surface area contributed by atoms with Crippen molar-refractivity contribution in [2.24, 2.45) is 7.05 Å². The first-order chi connectivity index (χ1) is 18.1. The molecule has 0 radical (unpaired) electrons. The summed E-state index contributed by atoms with van der Waals surface area (Å²) in [6.07, 6.45) is 0.973. The number of aromatic nitrogens is 6. The van der Waals surface area contributed by atoms with Gasteiger partial charge >= 0.3 is 12.8 Å². The summed E-state index contributed by atoms with van der Waals surface area (Å²) in [5.74, 6) is 0.615. The second kappa shape index (κ2) is 9.91. The van der Waals surface area contributed by atoms with E-state index < -0.39 is 18.5 Å². The van der Waals surface area contributed by atoms with Crippen molar-refractivity contribution in [3.8, 4) is 34.4 Å². The molecular weight excluding hydrogens is 513 g/mol. The molecular formula is C24H22F5N7O2. The van der Waals surface area contributed by atoms with Gasteiger partial charge in [0.25, 0.3) is 0 Å². The summed E-state index contributed by atoms with van der Waals surface area (Å²) in [7, 11) is 2.97. The Morgan fingerprint density at radius 2 is 1.82 bits per heavy atom. The van der Waals surface area contributed by atoms with E-state index in [0.717, 1.165) is 25.2 Å². The molecule has 1 aromatic carbocycles.